The van der Waals surface area contributed by atoms with Gasteiger partial charge in [-0.3, -0.25) is 4.79 Å². The maximum absolute atomic E-state index is 12.9. The smallest absolute Gasteiger partial charge is 0.387 e. The van der Waals surface area contributed by atoms with Gasteiger partial charge < -0.3 is 19.3 Å². The van der Waals surface area contributed by atoms with E-state index in [1.807, 2.05) is 34.6 Å². The van der Waals surface area contributed by atoms with Crippen LogP contribution in [-0.4, -0.2) is 50.3 Å². The number of para-hydroxylation sites is 1. The van der Waals surface area contributed by atoms with Crippen LogP contribution in [0.2, 0.25) is 0 Å². The van der Waals surface area contributed by atoms with Crippen molar-refractivity contribution in [3.05, 3.63) is 66.2 Å². The van der Waals surface area contributed by atoms with E-state index in [-0.39, 0.29) is 11.7 Å². The van der Waals surface area contributed by atoms with Crippen molar-refractivity contribution in [2.45, 2.75) is 32.9 Å². The molecule has 8 nitrogen and oxygen atoms in total. The van der Waals surface area contributed by atoms with Gasteiger partial charge in [0.05, 0.1) is 23.0 Å². The van der Waals surface area contributed by atoms with E-state index in [1.54, 1.807) is 30.6 Å². The van der Waals surface area contributed by atoms with Crippen LogP contribution in [0, 0.1) is 18.3 Å². The van der Waals surface area contributed by atoms with Crippen molar-refractivity contribution in [1.29, 1.82) is 0 Å². The normalized spacial score (nSPS) is 20.8. The van der Waals surface area contributed by atoms with E-state index in [2.05, 4.69) is 15.0 Å². The zero-order valence-electron chi connectivity index (χ0n) is 20.1. The Balaban J connectivity index is 1.27. The Morgan fingerprint density at radius 2 is 1.97 bits per heavy atom. The highest BCUT2D eigenvalue weighted by Gasteiger charge is 2.62. The molecule has 10 heteroatoms. The average molecular weight is 506 g/mol. The van der Waals surface area contributed by atoms with Gasteiger partial charge in [-0.1, -0.05) is 24.3 Å². The molecule has 0 unspecified atom stereocenters. The molecule has 1 saturated heterocycles. The highest BCUT2D eigenvalue weighted by molar-refractivity contribution is 5.83. The first-order chi connectivity index (χ1) is 17.8. The first-order valence-corrected chi connectivity index (χ1v) is 12.1. The number of aryl methyl sites for hydroxylation is 1. The summed E-state index contributed by atoms with van der Waals surface area (Å²) in [6.45, 7) is 0.488. The van der Waals surface area contributed by atoms with Crippen LogP contribution in [0.15, 0.2) is 54.9 Å². The SMILES string of the molecule is Cc1nc2ccc(-c3cnc(N4CC[C@H]5C[C@@]5(C(=O)O)C4)nc3)cc2n1Cc1ccccc1OC(F)F. The van der Waals surface area contributed by atoms with Gasteiger partial charge in [-0.2, -0.15) is 8.78 Å². The van der Waals surface area contributed by atoms with Gasteiger partial charge in [0.1, 0.15) is 11.6 Å². The molecule has 1 saturated carbocycles. The summed E-state index contributed by atoms with van der Waals surface area (Å²) in [4.78, 5) is 27.4. The molecule has 2 aliphatic rings. The van der Waals surface area contributed by atoms with Gasteiger partial charge >= 0.3 is 12.6 Å². The number of imidazole rings is 1. The number of carboxylic acids is 1. The number of hydrogen-bond donors (Lipinski definition) is 1. The van der Waals surface area contributed by atoms with Crippen molar-refractivity contribution in [2.24, 2.45) is 11.3 Å². The number of halogens is 2. The minimum atomic E-state index is -2.90. The van der Waals surface area contributed by atoms with Gasteiger partial charge in [0.25, 0.3) is 0 Å². The van der Waals surface area contributed by atoms with Gasteiger partial charge in [0.2, 0.25) is 5.95 Å². The van der Waals surface area contributed by atoms with Crippen molar-refractivity contribution < 1.29 is 23.4 Å². The molecule has 37 heavy (non-hydrogen) atoms. The van der Waals surface area contributed by atoms with Gasteiger partial charge in [-0.05, 0) is 49.4 Å². The van der Waals surface area contributed by atoms with Gasteiger partial charge in [-0.25, -0.2) is 15.0 Å². The lowest BCUT2D eigenvalue weighted by molar-refractivity contribution is -0.143. The Hall–Kier alpha value is -4.08. The van der Waals surface area contributed by atoms with Crippen LogP contribution in [0.5, 0.6) is 5.75 Å². The van der Waals surface area contributed by atoms with E-state index >= 15 is 0 Å². The standard InChI is InChI=1S/C27H25F2N5O3/c1-16-32-21-7-6-17(10-22(21)34(16)14-18-4-2-3-5-23(18)37-25(28)29)19-12-30-26(31-13-19)33-9-8-20-11-27(20,15-33)24(35)36/h2-7,10,12-13,20,25H,8-9,11,14-15H2,1H3,(H,35,36)/t20-,27+/m0/s1. The number of rotatable bonds is 7. The van der Waals surface area contributed by atoms with Crippen LogP contribution in [-0.2, 0) is 11.3 Å². The molecule has 2 fully saturated rings. The molecule has 2 atom stereocenters. The Labute approximate surface area is 211 Å². The van der Waals surface area contributed by atoms with Crippen molar-refractivity contribution in [3.63, 3.8) is 0 Å². The maximum Gasteiger partial charge on any atom is 0.387 e. The van der Waals surface area contributed by atoms with E-state index < -0.39 is 18.0 Å². The fraction of sp³-hybridized carbons (Fsp3) is 0.333. The number of aliphatic carboxylic acids is 1. The van der Waals surface area contributed by atoms with E-state index in [4.69, 9.17) is 4.74 Å². The van der Waals surface area contributed by atoms with Crippen LogP contribution >= 0.6 is 0 Å². The number of carboxylic acid groups (broad SMARTS) is 1. The van der Waals surface area contributed by atoms with E-state index in [0.717, 1.165) is 47.4 Å². The quantitative estimate of drug-likeness (QED) is 0.387. The minimum absolute atomic E-state index is 0.138. The van der Waals surface area contributed by atoms with Crippen LogP contribution in [0.3, 0.4) is 0 Å². The molecule has 0 amide bonds. The molecule has 0 radical (unpaired) electrons. The number of carbonyl (C=O) groups is 1. The maximum atomic E-state index is 12.9. The summed E-state index contributed by atoms with van der Waals surface area (Å²) in [5.41, 5.74) is 3.32. The van der Waals surface area contributed by atoms with E-state index in [1.165, 1.54) is 6.07 Å². The molecule has 4 aromatic rings. The summed E-state index contributed by atoms with van der Waals surface area (Å²) in [6, 6.07) is 12.6. The molecule has 1 aliphatic carbocycles. The predicted octanol–water partition coefficient (Wildman–Crippen LogP) is 4.75. The zero-order valence-corrected chi connectivity index (χ0v) is 20.1. The Morgan fingerprint density at radius 3 is 2.73 bits per heavy atom. The average Bonchev–Trinajstić information content (AvgIpc) is 3.56. The molecule has 2 aromatic carbocycles. The Kier molecular flexibility index (Phi) is 5.54. The van der Waals surface area contributed by atoms with Crippen molar-refractivity contribution in [3.8, 4) is 16.9 Å². The number of fused-ring (bicyclic) bond motifs is 2. The van der Waals surface area contributed by atoms with E-state index in [9.17, 15) is 18.7 Å². The largest absolute Gasteiger partial charge is 0.481 e. The molecule has 0 spiro atoms. The monoisotopic (exact) mass is 505 g/mol. The molecule has 6 rings (SSSR count). The summed E-state index contributed by atoms with van der Waals surface area (Å²) < 4.78 is 32.5. The molecule has 1 aliphatic heterocycles. The van der Waals surface area contributed by atoms with Crippen molar-refractivity contribution in [2.75, 3.05) is 18.0 Å². The zero-order chi connectivity index (χ0) is 25.7. The van der Waals surface area contributed by atoms with Crippen LogP contribution < -0.4 is 9.64 Å². The molecule has 190 valence electrons. The Bertz CT molecular complexity index is 1490. The third-order valence-electron chi connectivity index (χ3n) is 7.59. The number of ether oxygens (including phenoxy) is 1. The predicted molar refractivity (Wildman–Crippen MR) is 133 cm³/mol. The van der Waals surface area contributed by atoms with Gasteiger partial charge in [-0.15, -0.1) is 0 Å². The van der Waals surface area contributed by atoms with Crippen LogP contribution in [0.1, 0.15) is 24.2 Å². The number of hydrogen-bond acceptors (Lipinski definition) is 6. The van der Waals surface area contributed by atoms with E-state index in [0.29, 0.717) is 24.6 Å². The second-order valence-corrected chi connectivity index (χ2v) is 9.78. The van der Waals surface area contributed by atoms with Crippen molar-refractivity contribution >= 4 is 23.0 Å². The molecule has 0 bridgehead atoms. The minimum Gasteiger partial charge on any atom is -0.481 e. The lowest BCUT2D eigenvalue weighted by Gasteiger charge is -2.30. The number of anilines is 1. The van der Waals surface area contributed by atoms with Crippen LogP contribution in [0.25, 0.3) is 22.2 Å². The summed E-state index contributed by atoms with van der Waals surface area (Å²) in [7, 11) is 0. The fourth-order valence-electron chi connectivity index (χ4n) is 5.46. The molecule has 2 aromatic heterocycles. The molecule has 1 N–H and O–H groups in total. The van der Waals surface area contributed by atoms with Gasteiger partial charge in [0, 0.05) is 36.6 Å². The third-order valence-corrected chi connectivity index (χ3v) is 7.59. The molecule has 3 heterocycles. The second-order valence-electron chi connectivity index (χ2n) is 9.78. The Morgan fingerprint density at radius 1 is 1.19 bits per heavy atom. The number of benzene rings is 2. The first kappa shape index (κ1) is 23.3. The highest BCUT2D eigenvalue weighted by atomic mass is 19.3. The summed E-state index contributed by atoms with van der Waals surface area (Å²) in [6.07, 6.45) is 5.05. The molecular weight excluding hydrogens is 480 g/mol. The lowest BCUT2D eigenvalue weighted by atomic mass is 9.98. The van der Waals surface area contributed by atoms with Gasteiger partial charge in [0.15, 0.2) is 0 Å². The second kappa shape index (κ2) is 8.79. The molecular formula is C27H25F2N5O3. The van der Waals surface area contributed by atoms with Crippen molar-refractivity contribution in [1.82, 2.24) is 19.5 Å². The number of aromatic nitrogens is 4. The summed E-state index contributed by atoms with van der Waals surface area (Å²) in [5.74, 6) is 0.949. The third kappa shape index (κ3) is 4.16. The lowest BCUT2D eigenvalue weighted by Crippen LogP contribution is -2.41. The number of alkyl halides is 2. The fourth-order valence-corrected chi connectivity index (χ4v) is 5.46. The highest BCUT2D eigenvalue weighted by Crippen LogP contribution is 2.57. The number of piperidine rings is 1. The van der Waals surface area contributed by atoms with Crippen LogP contribution in [0.4, 0.5) is 14.7 Å². The number of nitrogens with zero attached hydrogens (tertiary/aromatic N) is 5. The summed E-state index contributed by atoms with van der Waals surface area (Å²) in [5, 5.41) is 9.64. The first-order valence-electron chi connectivity index (χ1n) is 12.1. The topological polar surface area (TPSA) is 93.4 Å². The summed E-state index contributed by atoms with van der Waals surface area (Å²) >= 11 is 0.